The van der Waals surface area contributed by atoms with Gasteiger partial charge in [-0.25, -0.2) is 8.42 Å². The Morgan fingerprint density at radius 1 is 1.02 bits per heavy atom. The molecule has 0 aromatic heterocycles. The van der Waals surface area contributed by atoms with Crippen molar-refractivity contribution in [3.63, 3.8) is 0 Å². The molecule has 2 heterocycles. The summed E-state index contributed by atoms with van der Waals surface area (Å²) in [6.45, 7) is 3.75. The van der Waals surface area contributed by atoms with Crippen LogP contribution in [0.15, 0.2) is 42.5 Å². The van der Waals surface area contributed by atoms with Gasteiger partial charge < -0.3 is 24.4 Å². The fraction of sp³-hybridized carbons (Fsp3) is 0.441. The monoisotopic (exact) mass is 660 g/mol. The number of rotatable bonds is 8. The van der Waals surface area contributed by atoms with Crippen molar-refractivity contribution in [2.45, 2.75) is 69.8 Å². The number of carbonyl (C=O) groups is 1. The number of aliphatic hydroxyl groups is 1. The van der Waals surface area contributed by atoms with E-state index >= 15 is 0 Å². The Morgan fingerprint density at radius 3 is 2.37 bits per heavy atom. The second kappa shape index (κ2) is 11.8. The summed E-state index contributed by atoms with van der Waals surface area (Å²) in [5.41, 5.74) is 2.49. The Kier molecular flexibility index (Phi) is 8.25. The van der Waals surface area contributed by atoms with E-state index in [9.17, 15) is 36.6 Å². The van der Waals surface area contributed by atoms with Crippen LogP contribution in [0.25, 0.3) is 11.1 Å². The van der Waals surface area contributed by atoms with Gasteiger partial charge in [-0.15, -0.1) is 0 Å². The first kappa shape index (κ1) is 32.2. The maximum absolute atomic E-state index is 14.2. The molecule has 0 radical (unpaired) electrons. The van der Waals surface area contributed by atoms with Crippen molar-refractivity contribution >= 4 is 15.8 Å². The number of halogens is 3. The number of carboxylic acid groups (broad SMARTS) is 1. The minimum absolute atomic E-state index is 0.0627. The van der Waals surface area contributed by atoms with Crippen molar-refractivity contribution in [3.05, 3.63) is 75.8 Å². The SMILES string of the molecule is Cc1cc(OCC2(O)CCS(=O)(=O)CC2)cc(C)c1-c1cc(C(F)(F)F)cc2c1CCC2Oc1ccc2c(c1)OC[C@H]2CC(=O)O. The van der Waals surface area contributed by atoms with Gasteiger partial charge in [0.15, 0.2) is 9.84 Å². The fourth-order valence-corrected chi connectivity index (χ4v) is 8.37. The van der Waals surface area contributed by atoms with Crippen molar-refractivity contribution in [2.24, 2.45) is 0 Å². The summed E-state index contributed by atoms with van der Waals surface area (Å²) in [5, 5.41) is 20.0. The van der Waals surface area contributed by atoms with Crippen molar-refractivity contribution < 1.29 is 50.8 Å². The first-order chi connectivity index (χ1) is 21.6. The molecule has 2 atom stereocenters. The maximum atomic E-state index is 14.2. The van der Waals surface area contributed by atoms with Gasteiger partial charge in [0.25, 0.3) is 0 Å². The highest BCUT2D eigenvalue weighted by Gasteiger charge is 2.38. The van der Waals surface area contributed by atoms with Crippen molar-refractivity contribution in [3.8, 4) is 28.4 Å². The van der Waals surface area contributed by atoms with Crippen molar-refractivity contribution in [2.75, 3.05) is 24.7 Å². The van der Waals surface area contributed by atoms with Gasteiger partial charge in [-0.05, 0) is 103 Å². The third kappa shape index (κ3) is 6.55. The van der Waals surface area contributed by atoms with Gasteiger partial charge in [0.2, 0.25) is 0 Å². The molecule has 3 aliphatic rings. The quantitative estimate of drug-likeness (QED) is 0.288. The molecular formula is C34H35F3O8S. The van der Waals surface area contributed by atoms with E-state index in [1.807, 2.05) is 0 Å². The van der Waals surface area contributed by atoms with Gasteiger partial charge in [-0.1, -0.05) is 6.07 Å². The summed E-state index contributed by atoms with van der Waals surface area (Å²) >= 11 is 0. The standard InChI is InChI=1S/C34H35F3O8S/c1-19-11-24(44-18-33(40)7-9-46(41,42)10-8-33)12-20(2)32(19)28-15-22(34(35,36)37)14-27-26(28)5-6-29(27)45-23-3-4-25-21(13-31(38)39)17-43-30(25)16-23/h3-4,11-12,14-16,21,29,40H,5-10,13,17-18H2,1-2H3,(H,38,39)/t21-,29?/m1/s1. The van der Waals surface area contributed by atoms with Crippen LogP contribution in [0.4, 0.5) is 13.2 Å². The van der Waals surface area contributed by atoms with Crippen LogP contribution in [0.3, 0.4) is 0 Å². The molecule has 6 rings (SSSR count). The minimum atomic E-state index is -4.59. The Morgan fingerprint density at radius 2 is 1.72 bits per heavy atom. The normalized spacial score (nSPS) is 21.3. The Balaban J connectivity index is 1.28. The number of aliphatic carboxylic acids is 1. The van der Waals surface area contributed by atoms with E-state index in [0.29, 0.717) is 57.9 Å². The molecule has 0 saturated carbocycles. The number of benzene rings is 3. The van der Waals surface area contributed by atoms with Crippen molar-refractivity contribution in [1.82, 2.24) is 0 Å². The molecule has 246 valence electrons. The lowest BCUT2D eigenvalue weighted by Crippen LogP contribution is -2.43. The highest BCUT2D eigenvalue weighted by atomic mass is 32.2. The number of fused-ring (bicyclic) bond motifs is 2. The number of ether oxygens (including phenoxy) is 3. The number of aryl methyl sites for hydroxylation is 2. The number of hydrogen-bond donors (Lipinski definition) is 2. The zero-order valence-electron chi connectivity index (χ0n) is 25.4. The third-order valence-corrected chi connectivity index (χ3v) is 10.9. The Bertz CT molecular complexity index is 1760. The molecular weight excluding hydrogens is 625 g/mol. The van der Waals surface area contributed by atoms with Gasteiger partial charge in [-0.2, -0.15) is 13.2 Å². The number of alkyl halides is 3. The molecule has 0 bridgehead atoms. The molecule has 2 aliphatic heterocycles. The largest absolute Gasteiger partial charge is 0.492 e. The highest BCUT2D eigenvalue weighted by Crippen LogP contribution is 2.47. The molecule has 46 heavy (non-hydrogen) atoms. The van der Waals surface area contributed by atoms with Crippen LogP contribution in [0.2, 0.25) is 0 Å². The van der Waals surface area contributed by atoms with E-state index in [0.717, 1.165) is 17.2 Å². The smallest absolute Gasteiger partial charge is 0.416 e. The fourth-order valence-electron chi connectivity index (χ4n) is 6.79. The lowest BCUT2D eigenvalue weighted by molar-refractivity contribution is -0.138. The summed E-state index contributed by atoms with van der Waals surface area (Å²) in [6.07, 6.45) is -4.16. The predicted molar refractivity (Wildman–Crippen MR) is 163 cm³/mol. The molecule has 3 aromatic rings. The topological polar surface area (TPSA) is 119 Å². The van der Waals surface area contributed by atoms with E-state index in [4.69, 9.17) is 14.2 Å². The maximum Gasteiger partial charge on any atom is 0.416 e. The summed E-state index contributed by atoms with van der Waals surface area (Å²) < 4.78 is 84.1. The number of sulfone groups is 1. The van der Waals surface area contributed by atoms with Crippen LogP contribution in [-0.4, -0.2) is 54.9 Å². The molecule has 8 nitrogen and oxygen atoms in total. The molecule has 1 aliphatic carbocycles. The molecule has 3 aromatic carbocycles. The molecule has 0 amide bonds. The second-order valence-electron chi connectivity index (χ2n) is 12.6. The van der Waals surface area contributed by atoms with Crippen molar-refractivity contribution in [1.29, 1.82) is 0 Å². The van der Waals surface area contributed by atoms with E-state index < -0.39 is 39.3 Å². The average molecular weight is 661 g/mol. The highest BCUT2D eigenvalue weighted by molar-refractivity contribution is 7.91. The Hall–Kier alpha value is -3.77. The van der Waals surface area contributed by atoms with Gasteiger partial charge in [0.1, 0.15) is 35.6 Å². The summed E-state index contributed by atoms with van der Waals surface area (Å²) in [6, 6.07) is 10.9. The van der Waals surface area contributed by atoms with E-state index in [1.165, 1.54) is 6.07 Å². The first-order valence-electron chi connectivity index (χ1n) is 15.2. The van der Waals surface area contributed by atoms with E-state index in [2.05, 4.69) is 0 Å². The van der Waals surface area contributed by atoms with Gasteiger partial charge in [0, 0.05) is 17.5 Å². The van der Waals surface area contributed by atoms with Crippen LogP contribution in [0.5, 0.6) is 17.2 Å². The van der Waals surface area contributed by atoms with Gasteiger partial charge >= 0.3 is 12.1 Å². The lowest BCUT2D eigenvalue weighted by Gasteiger charge is -2.31. The summed E-state index contributed by atoms with van der Waals surface area (Å²) in [7, 11) is -3.16. The zero-order valence-corrected chi connectivity index (χ0v) is 26.3. The first-order valence-corrected chi connectivity index (χ1v) is 17.0. The zero-order chi connectivity index (χ0) is 33.0. The molecule has 1 unspecified atom stereocenters. The van der Waals surface area contributed by atoms with Gasteiger partial charge in [-0.3, -0.25) is 4.79 Å². The molecule has 1 fully saturated rings. The van der Waals surface area contributed by atoms with Crippen LogP contribution >= 0.6 is 0 Å². The molecule has 0 spiro atoms. The molecule has 2 N–H and O–H groups in total. The minimum Gasteiger partial charge on any atom is -0.492 e. The Labute approximate surface area is 265 Å². The summed E-state index contributed by atoms with van der Waals surface area (Å²) in [4.78, 5) is 11.2. The van der Waals surface area contributed by atoms with E-state index in [1.54, 1.807) is 44.2 Å². The predicted octanol–water partition coefficient (Wildman–Crippen LogP) is 6.32. The average Bonchev–Trinajstić information content (AvgIpc) is 3.56. The van der Waals surface area contributed by atoms with Crippen LogP contribution in [0.1, 0.15) is 71.1 Å². The van der Waals surface area contributed by atoms with E-state index in [-0.39, 0.29) is 49.9 Å². The van der Waals surface area contributed by atoms with Crippen LogP contribution in [0, 0.1) is 13.8 Å². The van der Waals surface area contributed by atoms with Crippen LogP contribution in [-0.2, 0) is 27.2 Å². The number of hydrogen-bond acceptors (Lipinski definition) is 7. The molecule has 1 saturated heterocycles. The third-order valence-electron chi connectivity index (χ3n) is 9.22. The second-order valence-corrected chi connectivity index (χ2v) is 14.9. The molecule has 12 heteroatoms. The van der Waals surface area contributed by atoms with Gasteiger partial charge in [0.05, 0.1) is 30.1 Å². The van der Waals surface area contributed by atoms with Crippen LogP contribution < -0.4 is 14.2 Å². The number of carboxylic acids is 1. The lowest BCUT2D eigenvalue weighted by atomic mass is 9.88. The summed E-state index contributed by atoms with van der Waals surface area (Å²) in [5.74, 6) is -0.0326.